The van der Waals surface area contributed by atoms with Crippen molar-refractivity contribution < 1.29 is 9.13 Å². The first-order chi connectivity index (χ1) is 13.4. The summed E-state index contributed by atoms with van der Waals surface area (Å²) >= 11 is 0. The average Bonchev–Trinajstić information content (AvgIpc) is 3.20. The molecule has 28 heavy (non-hydrogen) atoms. The van der Waals surface area contributed by atoms with Crippen LogP contribution < -0.4 is 15.8 Å². The van der Waals surface area contributed by atoms with Gasteiger partial charge in [0.15, 0.2) is 5.84 Å². The van der Waals surface area contributed by atoms with Crippen molar-refractivity contribution >= 4 is 11.7 Å². The number of benzene rings is 1. The zero-order valence-electron chi connectivity index (χ0n) is 16.8. The molecule has 2 heterocycles. The zero-order valence-corrected chi connectivity index (χ0v) is 16.8. The van der Waals surface area contributed by atoms with Gasteiger partial charge in [0.25, 0.3) is 0 Å². The number of rotatable bonds is 7. The number of fused-ring (bicyclic) bond motifs is 1. The molecule has 0 spiro atoms. The van der Waals surface area contributed by atoms with Gasteiger partial charge in [-0.1, -0.05) is 6.07 Å². The van der Waals surface area contributed by atoms with Crippen molar-refractivity contribution in [3.8, 4) is 5.75 Å². The second kappa shape index (κ2) is 8.56. The number of nitrogens with two attached hydrogens (primary N) is 1. The largest absolute Gasteiger partial charge is 0.493 e. The molecule has 0 atom stereocenters. The third-order valence-electron chi connectivity index (χ3n) is 4.93. The van der Waals surface area contributed by atoms with Crippen LogP contribution in [0.4, 0.5) is 4.39 Å². The average molecular weight is 385 g/mol. The van der Waals surface area contributed by atoms with Crippen LogP contribution in [-0.2, 0) is 12.8 Å². The summed E-state index contributed by atoms with van der Waals surface area (Å²) in [6.07, 6.45) is 2.40. The molecule has 0 saturated heterocycles. The number of ether oxygens (including phenoxy) is 1. The minimum absolute atomic E-state index is 0.425. The Morgan fingerprint density at radius 2 is 2.25 bits per heavy atom. The SMILES string of the molecule is C=C(F)/N=C1\C(=C(/C)N)N=C(Cc2cc3c(cc2C)CCO3)N1CCCNC. The zero-order chi connectivity index (χ0) is 20.3. The molecule has 1 aromatic rings. The Kier molecular flexibility index (Phi) is 6.14. The van der Waals surface area contributed by atoms with E-state index in [4.69, 9.17) is 15.5 Å². The van der Waals surface area contributed by atoms with Gasteiger partial charge in [-0.15, -0.1) is 0 Å². The van der Waals surface area contributed by atoms with Crippen LogP contribution in [0.3, 0.4) is 0 Å². The summed E-state index contributed by atoms with van der Waals surface area (Å²) in [6, 6.07) is 4.27. The van der Waals surface area contributed by atoms with Gasteiger partial charge in [0, 0.05) is 25.1 Å². The predicted octanol–water partition coefficient (Wildman–Crippen LogP) is 2.83. The Morgan fingerprint density at radius 1 is 1.46 bits per heavy atom. The molecular formula is C21H28FN5O. The summed E-state index contributed by atoms with van der Waals surface area (Å²) in [6.45, 7) is 9.34. The molecule has 2 aliphatic rings. The highest BCUT2D eigenvalue weighted by molar-refractivity contribution is 6.16. The van der Waals surface area contributed by atoms with E-state index >= 15 is 0 Å². The molecule has 0 aliphatic carbocycles. The van der Waals surface area contributed by atoms with Crippen molar-refractivity contribution in [3.63, 3.8) is 0 Å². The topological polar surface area (TPSA) is 75.2 Å². The van der Waals surface area contributed by atoms with E-state index in [2.05, 4.69) is 35.9 Å². The summed E-state index contributed by atoms with van der Waals surface area (Å²) in [7, 11) is 1.90. The number of allylic oxidation sites excluding steroid dienone is 1. The fraction of sp³-hybridized carbons (Fsp3) is 0.429. The number of amidine groups is 2. The van der Waals surface area contributed by atoms with Gasteiger partial charge < -0.3 is 20.7 Å². The predicted molar refractivity (Wildman–Crippen MR) is 111 cm³/mol. The lowest BCUT2D eigenvalue weighted by molar-refractivity contribution is 0.356. The molecule has 2 aliphatic heterocycles. The lowest BCUT2D eigenvalue weighted by Gasteiger charge is -2.22. The van der Waals surface area contributed by atoms with Crippen molar-refractivity contribution in [3.05, 3.63) is 52.7 Å². The molecule has 150 valence electrons. The third kappa shape index (κ3) is 4.25. The Bertz CT molecular complexity index is 868. The molecule has 0 bridgehead atoms. The van der Waals surface area contributed by atoms with Crippen LogP contribution >= 0.6 is 0 Å². The molecule has 0 fully saturated rings. The summed E-state index contributed by atoms with van der Waals surface area (Å²) in [4.78, 5) is 10.7. The van der Waals surface area contributed by atoms with Gasteiger partial charge in [-0.2, -0.15) is 4.39 Å². The van der Waals surface area contributed by atoms with Crippen LogP contribution in [0.1, 0.15) is 30.0 Å². The molecule has 0 aromatic heterocycles. The standard InChI is InChI=1S/C21H28FN5O/c1-13-10-16-6-9-28-18(16)11-17(13)12-19-26-20(14(2)23)21(25-15(3)22)27(19)8-5-7-24-4/h10-11,24H,3,5-9,12,23H2,1-2,4H3/b20-14-,25-21+. The van der Waals surface area contributed by atoms with Crippen molar-refractivity contribution in [2.45, 2.75) is 33.1 Å². The second-order valence-electron chi connectivity index (χ2n) is 7.14. The maximum Gasteiger partial charge on any atom is 0.207 e. The van der Waals surface area contributed by atoms with Crippen molar-refractivity contribution in [1.82, 2.24) is 10.2 Å². The maximum atomic E-state index is 13.6. The number of nitrogens with one attached hydrogen (secondary N) is 1. The summed E-state index contributed by atoms with van der Waals surface area (Å²) in [5.41, 5.74) is 10.6. The summed E-state index contributed by atoms with van der Waals surface area (Å²) in [5.74, 6) is 1.41. The Morgan fingerprint density at radius 3 is 2.93 bits per heavy atom. The monoisotopic (exact) mass is 385 g/mol. The lowest BCUT2D eigenvalue weighted by atomic mass is 10.0. The van der Waals surface area contributed by atoms with Gasteiger partial charge in [-0.05, 0) is 63.2 Å². The molecule has 0 amide bonds. The Hall–Kier alpha value is -2.67. The van der Waals surface area contributed by atoms with E-state index in [1.165, 1.54) is 11.1 Å². The number of hydrogen-bond acceptors (Lipinski definition) is 5. The molecule has 6 nitrogen and oxygen atoms in total. The van der Waals surface area contributed by atoms with E-state index < -0.39 is 5.95 Å². The highest BCUT2D eigenvalue weighted by Crippen LogP contribution is 2.30. The quantitative estimate of drug-likeness (QED) is 0.559. The normalized spacial score (nSPS) is 18.9. The van der Waals surface area contributed by atoms with Crippen LogP contribution in [0.2, 0.25) is 0 Å². The number of aliphatic imine (C=N–C) groups is 2. The molecule has 3 N–H and O–H groups in total. The number of aryl methyl sites for hydroxylation is 1. The van der Waals surface area contributed by atoms with Crippen LogP contribution in [0.5, 0.6) is 5.75 Å². The number of hydrogen-bond donors (Lipinski definition) is 2. The van der Waals surface area contributed by atoms with Crippen molar-refractivity contribution in [2.75, 3.05) is 26.7 Å². The molecule has 3 rings (SSSR count). The highest BCUT2D eigenvalue weighted by atomic mass is 19.1. The molecule has 1 aromatic carbocycles. The van der Waals surface area contributed by atoms with Crippen molar-refractivity contribution in [2.24, 2.45) is 15.7 Å². The van der Waals surface area contributed by atoms with E-state index in [0.29, 0.717) is 30.2 Å². The van der Waals surface area contributed by atoms with Gasteiger partial charge in [-0.3, -0.25) is 0 Å². The molecule has 0 radical (unpaired) electrons. The van der Waals surface area contributed by atoms with Gasteiger partial charge in [0.1, 0.15) is 17.3 Å². The summed E-state index contributed by atoms with van der Waals surface area (Å²) < 4.78 is 19.3. The Labute approximate surface area is 165 Å². The van der Waals surface area contributed by atoms with Crippen LogP contribution in [-0.4, -0.2) is 43.3 Å². The first kappa shape index (κ1) is 20.1. The minimum atomic E-state index is -0.758. The van der Waals surface area contributed by atoms with Gasteiger partial charge in [0.2, 0.25) is 5.95 Å². The summed E-state index contributed by atoms with van der Waals surface area (Å²) in [5, 5.41) is 3.13. The van der Waals surface area contributed by atoms with E-state index in [9.17, 15) is 4.39 Å². The molecule has 7 heteroatoms. The van der Waals surface area contributed by atoms with E-state index in [1.54, 1.807) is 6.92 Å². The number of halogens is 1. The van der Waals surface area contributed by atoms with Crippen LogP contribution in [0.15, 0.2) is 46.0 Å². The maximum absolute atomic E-state index is 13.6. The molecular weight excluding hydrogens is 357 g/mol. The number of nitrogens with zero attached hydrogens (tertiary/aromatic N) is 3. The van der Waals surface area contributed by atoms with E-state index in [1.807, 2.05) is 11.9 Å². The fourth-order valence-corrected chi connectivity index (χ4v) is 3.52. The van der Waals surface area contributed by atoms with Gasteiger partial charge in [-0.25, -0.2) is 9.98 Å². The van der Waals surface area contributed by atoms with Gasteiger partial charge >= 0.3 is 0 Å². The molecule has 0 unspecified atom stereocenters. The van der Waals surface area contributed by atoms with E-state index in [-0.39, 0.29) is 0 Å². The lowest BCUT2D eigenvalue weighted by Crippen LogP contribution is -2.36. The van der Waals surface area contributed by atoms with Crippen LogP contribution in [0, 0.1) is 6.92 Å². The smallest absolute Gasteiger partial charge is 0.207 e. The van der Waals surface area contributed by atoms with Crippen molar-refractivity contribution in [1.29, 1.82) is 0 Å². The minimum Gasteiger partial charge on any atom is -0.493 e. The second-order valence-corrected chi connectivity index (χ2v) is 7.14. The molecule has 0 saturated carbocycles. The third-order valence-corrected chi connectivity index (χ3v) is 4.93. The van der Waals surface area contributed by atoms with Crippen LogP contribution in [0.25, 0.3) is 0 Å². The Balaban J connectivity index is 1.95. The van der Waals surface area contributed by atoms with Gasteiger partial charge in [0.05, 0.1) is 6.61 Å². The first-order valence-electron chi connectivity index (χ1n) is 9.55. The highest BCUT2D eigenvalue weighted by Gasteiger charge is 2.30. The first-order valence-corrected chi connectivity index (χ1v) is 9.55. The van der Waals surface area contributed by atoms with E-state index in [0.717, 1.165) is 43.1 Å². The fourth-order valence-electron chi connectivity index (χ4n) is 3.52.